The van der Waals surface area contributed by atoms with Crippen molar-refractivity contribution in [3.8, 4) is 0 Å². The summed E-state index contributed by atoms with van der Waals surface area (Å²) in [5.41, 5.74) is 2.62. The molecule has 1 aromatic rings. The largest absolute Gasteiger partial charge is 0.367 e. The van der Waals surface area contributed by atoms with Crippen molar-refractivity contribution in [2.24, 2.45) is 5.92 Å². The Morgan fingerprint density at radius 2 is 1.81 bits per heavy atom. The number of fused-ring (bicyclic) bond motifs is 2. The van der Waals surface area contributed by atoms with Gasteiger partial charge in [-0.3, -0.25) is 0 Å². The molecule has 0 radical (unpaired) electrons. The molecule has 0 fully saturated rings. The summed E-state index contributed by atoms with van der Waals surface area (Å²) in [5, 5.41) is 0. The zero-order valence-electron chi connectivity index (χ0n) is 9.38. The van der Waals surface area contributed by atoms with E-state index in [4.69, 9.17) is 0 Å². The van der Waals surface area contributed by atoms with Crippen LogP contribution in [0.25, 0.3) is 6.08 Å². The van der Waals surface area contributed by atoms with E-state index in [0.717, 1.165) is 0 Å². The molecule has 80 valence electrons. The van der Waals surface area contributed by atoms with Crippen molar-refractivity contribution in [3.63, 3.8) is 0 Å². The Morgan fingerprint density at radius 1 is 1.00 bits per heavy atom. The lowest BCUT2D eigenvalue weighted by Crippen LogP contribution is -2.35. The number of para-hydroxylation sites is 1. The van der Waals surface area contributed by atoms with Gasteiger partial charge in [0, 0.05) is 18.7 Å². The van der Waals surface area contributed by atoms with Gasteiger partial charge < -0.3 is 4.90 Å². The summed E-state index contributed by atoms with van der Waals surface area (Å²) in [6.45, 7) is 0. The molecule has 1 heterocycles. The third-order valence-electron chi connectivity index (χ3n) is 3.41. The van der Waals surface area contributed by atoms with Gasteiger partial charge in [-0.15, -0.1) is 0 Å². The first-order valence-corrected chi connectivity index (χ1v) is 5.71. The Hall–Kier alpha value is -1.76. The van der Waals surface area contributed by atoms with E-state index in [1.54, 1.807) is 0 Å². The lowest BCUT2D eigenvalue weighted by molar-refractivity contribution is 0.648. The molecule has 1 aromatic carbocycles. The van der Waals surface area contributed by atoms with Gasteiger partial charge in [-0.05, 0) is 11.6 Å². The quantitative estimate of drug-likeness (QED) is 0.634. The van der Waals surface area contributed by atoms with Gasteiger partial charge >= 0.3 is 0 Å². The standard InChI is InChI=1S/C15H15N/c1-16-14-8-4-2-6-12(14)10-11-13-7-3-5-9-15(13)16/h2-12,14H,1H3. The van der Waals surface area contributed by atoms with Gasteiger partial charge in [-0.2, -0.15) is 0 Å². The van der Waals surface area contributed by atoms with E-state index in [2.05, 4.69) is 72.7 Å². The molecule has 0 saturated heterocycles. The monoisotopic (exact) mass is 209 g/mol. The normalized spacial score (nSPS) is 26.2. The lowest BCUT2D eigenvalue weighted by atomic mass is 9.94. The van der Waals surface area contributed by atoms with E-state index in [1.807, 2.05) is 0 Å². The van der Waals surface area contributed by atoms with Gasteiger partial charge in [0.1, 0.15) is 0 Å². The Morgan fingerprint density at radius 3 is 2.75 bits per heavy atom. The molecule has 2 unspecified atom stereocenters. The Kier molecular flexibility index (Phi) is 2.17. The van der Waals surface area contributed by atoms with Crippen LogP contribution in [0.15, 0.2) is 54.6 Å². The van der Waals surface area contributed by atoms with E-state index >= 15 is 0 Å². The third-order valence-corrected chi connectivity index (χ3v) is 3.41. The van der Waals surface area contributed by atoms with E-state index in [0.29, 0.717) is 12.0 Å². The Balaban J connectivity index is 2.11. The molecule has 0 saturated carbocycles. The highest BCUT2D eigenvalue weighted by molar-refractivity contribution is 5.70. The molecule has 1 heteroatoms. The molecule has 0 N–H and O–H groups in total. The van der Waals surface area contributed by atoms with Gasteiger partial charge in [-0.25, -0.2) is 0 Å². The van der Waals surface area contributed by atoms with Crippen LogP contribution in [0.4, 0.5) is 5.69 Å². The zero-order chi connectivity index (χ0) is 11.0. The van der Waals surface area contributed by atoms with Gasteiger partial charge in [0.2, 0.25) is 0 Å². The maximum Gasteiger partial charge on any atom is 0.0570 e. The molecule has 0 bridgehead atoms. The number of hydrogen-bond donors (Lipinski definition) is 0. The van der Waals surface area contributed by atoms with Gasteiger partial charge in [-0.1, -0.05) is 54.7 Å². The molecule has 0 aromatic heterocycles. The zero-order valence-corrected chi connectivity index (χ0v) is 9.38. The average molecular weight is 209 g/mol. The summed E-state index contributed by atoms with van der Waals surface area (Å²) in [4.78, 5) is 2.36. The van der Waals surface area contributed by atoms with Crippen molar-refractivity contribution < 1.29 is 0 Å². The first-order valence-electron chi connectivity index (χ1n) is 5.71. The number of hydrogen-bond acceptors (Lipinski definition) is 1. The number of anilines is 1. The van der Waals surface area contributed by atoms with Crippen LogP contribution in [0, 0.1) is 5.92 Å². The summed E-state index contributed by atoms with van der Waals surface area (Å²) in [7, 11) is 2.17. The van der Waals surface area contributed by atoms with Crippen LogP contribution in [0.3, 0.4) is 0 Å². The molecule has 2 aliphatic rings. The second-order valence-corrected chi connectivity index (χ2v) is 4.37. The number of benzene rings is 1. The van der Waals surface area contributed by atoms with Gasteiger partial charge in [0.25, 0.3) is 0 Å². The molecule has 1 aliphatic heterocycles. The van der Waals surface area contributed by atoms with Crippen molar-refractivity contribution in [3.05, 3.63) is 60.2 Å². The van der Waals surface area contributed by atoms with E-state index in [9.17, 15) is 0 Å². The van der Waals surface area contributed by atoms with Crippen molar-refractivity contribution in [2.75, 3.05) is 11.9 Å². The SMILES string of the molecule is CN1c2ccccc2C=CC2C=CC=CC21. The second-order valence-electron chi connectivity index (χ2n) is 4.37. The predicted octanol–water partition coefficient (Wildman–Crippen LogP) is 3.26. The molecular weight excluding hydrogens is 194 g/mol. The minimum atomic E-state index is 0.449. The number of rotatable bonds is 0. The fourth-order valence-corrected chi connectivity index (χ4v) is 2.50. The second kappa shape index (κ2) is 3.67. The summed E-state index contributed by atoms with van der Waals surface area (Å²) in [5.74, 6) is 0.488. The minimum absolute atomic E-state index is 0.449. The highest BCUT2D eigenvalue weighted by Crippen LogP contribution is 2.31. The highest BCUT2D eigenvalue weighted by atomic mass is 15.1. The van der Waals surface area contributed by atoms with Gasteiger partial charge in [0.05, 0.1) is 6.04 Å². The molecule has 0 amide bonds. The van der Waals surface area contributed by atoms with Crippen molar-refractivity contribution >= 4 is 11.8 Å². The summed E-state index contributed by atoms with van der Waals surface area (Å²) in [6.07, 6.45) is 13.3. The lowest BCUT2D eigenvalue weighted by Gasteiger charge is -2.31. The van der Waals surface area contributed by atoms with Crippen molar-refractivity contribution in [2.45, 2.75) is 6.04 Å². The first kappa shape index (κ1) is 9.46. The molecule has 1 aliphatic carbocycles. The number of allylic oxidation sites excluding steroid dienone is 2. The predicted molar refractivity (Wildman–Crippen MR) is 69.4 cm³/mol. The minimum Gasteiger partial charge on any atom is -0.367 e. The smallest absolute Gasteiger partial charge is 0.0570 e. The van der Waals surface area contributed by atoms with E-state index in [-0.39, 0.29) is 0 Å². The highest BCUT2D eigenvalue weighted by Gasteiger charge is 2.24. The Labute approximate surface area is 96.4 Å². The van der Waals surface area contributed by atoms with Crippen LogP contribution in [-0.4, -0.2) is 13.1 Å². The molecule has 3 rings (SSSR count). The third kappa shape index (κ3) is 1.40. The number of likely N-dealkylation sites (N-methyl/N-ethyl adjacent to an activating group) is 1. The number of nitrogens with zero attached hydrogens (tertiary/aromatic N) is 1. The van der Waals surface area contributed by atoms with E-state index < -0.39 is 0 Å². The van der Waals surface area contributed by atoms with Crippen LogP contribution >= 0.6 is 0 Å². The molecule has 0 spiro atoms. The van der Waals surface area contributed by atoms with Crippen LogP contribution in [0.1, 0.15) is 5.56 Å². The molecule has 2 atom stereocenters. The first-order chi connectivity index (χ1) is 7.86. The Bertz CT molecular complexity index is 482. The fraction of sp³-hybridized carbons (Fsp3) is 0.200. The maximum absolute atomic E-state index is 2.36. The summed E-state index contributed by atoms with van der Waals surface area (Å²) < 4.78 is 0. The average Bonchev–Trinajstić information content (AvgIpc) is 2.49. The van der Waals surface area contributed by atoms with Crippen LogP contribution < -0.4 is 4.90 Å². The summed E-state index contributed by atoms with van der Waals surface area (Å²) >= 11 is 0. The van der Waals surface area contributed by atoms with Crippen molar-refractivity contribution in [1.82, 2.24) is 0 Å². The molecule has 1 nitrogen and oxygen atoms in total. The van der Waals surface area contributed by atoms with Crippen LogP contribution in [0.5, 0.6) is 0 Å². The molecular formula is C15H15N. The van der Waals surface area contributed by atoms with E-state index in [1.165, 1.54) is 11.3 Å². The van der Waals surface area contributed by atoms with Crippen molar-refractivity contribution in [1.29, 1.82) is 0 Å². The summed E-state index contributed by atoms with van der Waals surface area (Å²) in [6, 6.07) is 9.01. The van der Waals surface area contributed by atoms with Gasteiger partial charge in [0.15, 0.2) is 0 Å². The maximum atomic E-state index is 2.36. The molecule has 16 heavy (non-hydrogen) atoms. The van der Waals surface area contributed by atoms with Crippen LogP contribution in [-0.2, 0) is 0 Å². The topological polar surface area (TPSA) is 3.24 Å². The fourth-order valence-electron chi connectivity index (χ4n) is 2.50. The van der Waals surface area contributed by atoms with Crippen LogP contribution in [0.2, 0.25) is 0 Å².